The Hall–Kier alpha value is -1.55. The van der Waals surface area contributed by atoms with E-state index in [1.54, 1.807) is 6.07 Å². The number of halogens is 2. The van der Waals surface area contributed by atoms with Crippen molar-refractivity contribution in [3.05, 3.63) is 57.8 Å². The molecule has 0 aliphatic carbocycles. The SMILES string of the molecule is Cc1cc(OCc2cccc(Br)c2)c(F)cc1N. The van der Waals surface area contributed by atoms with Crippen LogP contribution in [0.5, 0.6) is 5.75 Å². The molecule has 0 bridgehead atoms. The molecule has 94 valence electrons. The zero-order valence-electron chi connectivity index (χ0n) is 9.91. The Bertz CT molecular complexity index is 572. The quantitative estimate of drug-likeness (QED) is 0.868. The first-order valence-electron chi connectivity index (χ1n) is 5.49. The van der Waals surface area contributed by atoms with Gasteiger partial charge in [0, 0.05) is 16.2 Å². The number of anilines is 1. The van der Waals surface area contributed by atoms with Gasteiger partial charge in [-0.25, -0.2) is 4.39 Å². The summed E-state index contributed by atoms with van der Waals surface area (Å²) in [5.74, 6) is -0.213. The first-order chi connectivity index (χ1) is 8.56. The van der Waals surface area contributed by atoms with E-state index in [9.17, 15) is 4.39 Å². The van der Waals surface area contributed by atoms with Gasteiger partial charge in [0.1, 0.15) is 6.61 Å². The number of rotatable bonds is 3. The molecule has 18 heavy (non-hydrogen) atoms. The topological polar surface area (TPSA) is 35.2 Å². The molecule has 0 saturated heterocycles. The van der Waals surface area contributed by atoms with Crippen LogP contribution in [0, 0.1) is 12.7 Å². The predicted octanol–water partition coefficient (Wildman–Crippen LogP) is 4.06. The van der Waals surface area contributed by atoms with Gasteiger partial charge in [0.2, 0.25) is 0 Å². The molecule has 0 radical (unpaired) electrons. The average molecular weight is 310 g/mol. The summed E-state index contributed by atoms with van der Waals surface area (Å²) in [5, 5.41) is 0. The van der Waals surface area contributed by atoms with Crippen molar-refractivity contribution in [2.24, 2.45) is 0 Å². The van der Waals surface area contributed by atoms with Crippen LogP contribution in [0.4, 0.5) is 10.1 Å². The van der Waals surface area contributed by atoms with E-state index in [0.29, 0.717) is 12.3 Å². The summed E-state index contributed by atoms with van der Waals surface area (Å²) in [7, 11) is 0. The van der Waals surface area contributed by atoms with Crippen molar-refractivity contribution in [1.82, 2.24) is 0 Å². The number of ether oxygens (including phenoxy) is 1. The van der Waals surface area contributed by atoms with Crippen molar-refractivity contribution in [2.75, 3.05) is 5.73 Å². The van der Waals surface area contributed by atoms with E-state index in [4.69, 9.17) is 10.5 Å². The number of benzene rings is 2. The van der Waals surface area contributed by atoms with Crippen LogP contribution in [0.25, 0.3) is 0 Å². The van der Waals surface area contributed by atoms with Crippen molar-refractivity contribution in [2.45, 2.75) is 13.5 Å². The number of nitrogen functional groups attached to an aromatic ring is 1. The second-order valence-corrected chi connectivity index (χ2v) is 4.97. The molecule has 0 atom stereocenters. The maximum Gasteiger partial charge on any atom is 0.167 e. The molecule has 2 aromatic rings. The Morgan fingerprint density at radius 1 is 1.28 bits per heavy atom. The standard InChI is InChI=1S/C14H13BrFNO/c1-9-5-14(12(16)7-13(9)17)18-8-10-3-2-4-11(15)6-10/h2-7H,8,17H2,1H3. The van der Waals surface area contributed by atoms with Gasteiger partial charge in [0.05, 0.1) is 0 Å². The fraction of sp³-hybridized carbons (Fsp3) is 0.143. The van der Waals surface area contributed by atoms with Gasteiger partial charge in [-0.15, -0.1) is 0 Å². The van der Waals surface area contributed by atoms with E-state index < -0.39 is 5.82 Å². The summed E-state index contributed by atoms with van der Waals surface area (Å²) in [5.41, 5.74) is 7.82. The van der Waals surface area contributed by atoms with Gasteiger partial charge in [0.15, 0.2) is 11.6 Å². The molecule has 4 heteroatoms. The van der Waals surface area contributed by atoms with E-state index in [2.05, 4.69) is 15.9 Å². The highest BCUT2D eigenvalue weighted by Gasteiger charge is 2.07. The summed E-state index contributed by atoms with van der Waals surface area (Å²) in [6.07, 6.45) is 0. The Morgan fingerprint density at radius 3 is 2.78 bits per heavy atom. The Labute approximate surface area is 114 Å². The maximum atomic E-state index is 13.6. The van der Waals surface area contributed by atoms with Crippen LogP contribution < -0.4 is 10.5 Å². The monoisotopic (exact) mass is 309 g/mol. The molecule has 0 spiro atoms. The zero-order chi connectivity index (χ0) is 13.1. The van der Waals surface area contributed by atoms with Gasteiger partial charge >= 0.3 is 0 Å². The van der Waals surface area contributed by atoms with Gasteiger partial charge in [-0.3, -0.25) is 0 Å². The van der Waals surface area contributed by atoms with Gasteiger partial charge in [-0.2, -0.15) is 0 Å². The van der Waals surface area contributed by atoms with Crippen molar-refractivity contribution in [3.63, 3.8) is 0 Å². The summed E-state index contributed by atoms with van der Waals surface area (Å²) in [4.78, 5) is 0. The lowest BCUT2D eigenvalue weighted by Crippen LogP contribution is -1.99. The molecule has 0 unspecified atom stereocenters. The lowest BCUT2D eigenvalue weighted by Gasteiger charge is -2.10. The van der Waals surface area contributed by atoms with E-state index >= 15 is 0 Å². The van der Waals surface area contributed by atoms with Crippen LogP contribution >= 0.6 is 15.9 Å². The molecule has 2 rings (SSSR count). The van der Waals surface area contributed by atoms with E-state index in [1.807, 2.05) is 31.2 Å². The fourth-order valence-electron chi connectivity index (χ4n) is 1.57. The number of nitrogens with two attached hydrogens (primary N) is 1. The van der Waals surface area contributed by atoms with Crippen LogP contribution in [-0.2, 0) is 6.61 Å². The molecule has 0 fully saturated rings. The highest BCUT2D eigenvalue weighted by Crippen LogP contribution is 2.24. The van der Waals surface area contributed by atoms with Crippen LogP contribution in [0.1, 0.15) is 11.1 Å². The summed E-state index contributed by atoms with van der Waals surface area (Å²) in [6.45, 7) is 2.14. The molecule has 0 saturated carbocycles. The smallest absolute Gasteiger partial charge is 0.167 e. The highest BCUT2D eigenvalue weighted by molar-refractivity contribution is 9.10. The van der Waals surface area contributed by atoms with E-state index in [1.165, 1.54) is 6.07 Å². The van der Waals surface area contributed by atoms with Crippen LogP contribution in [0.15, 0.2) is 40.9 Å². The number of aryl methyl sites for hydroxylation is 1. The van der Waals surface area contributed by atoms with Crippen LogP contribution in [0.2, 0.25) is 0 Å². The van der Waals surface area contributed by atoms with Gasteiger partial charge in [-0.1, -0.05) is 28.1 Å². The van der Waals surface area contributed by atoms with Crippen molar-refractivity contribution < 1.29 is 9.13 Å². The molecule has 0 aliphatic heterocycles. The highest BCUT2D eigenvalue weighted by atomic mass is 79.9. The van der Waals surface area contributed by atoms with E-state index in [0.717, 1.165) is 15.6 Å². The van der Waals surface area contributed by atoms with E-state index in [-0.39, 0.29) is 5.75 Å². The fourth-order valence-corrected chi connectivity index (χ4v) is 2.02. The molecule has 0 heterocycles. The third kappa shape index (κ3) is 3.01. The van der Waals surface area contributed by atoms with Gasteiger partial charge < -0.3 is 10.5 Å². The maximum absolute atomic E-state index is 13.6. The van der Waals surface area contributed by atoms with Crippen LogP contribution in [-0.4, -0.2) is 0 Å². The molecular weight excluding hydrogens is 297 g/mol. The third-order valence-electron chi connectivity index (χ3n) is 2.60. The minimum absolute atomic E-state index is 0.224. The molecular formula is C14H13BrFNO. The number of hydrogen-bond donors (Lipinski definition) is 1. The Kier molecular flexibility index (Phi) is 3.87. The summed E-state index contributed by atoms with van der Waals surface area (Å²) < 4.78 is 20.0. The zero-order valence-corrected chi connectivity index (χ0v) is 11.5. The number of hydrogen-bond acceptors (Lipinski definition) is 2. The molecule has 0 aromatic heterocycles. The Morgan fingerprint density at radius 2 is 2.06 bits per heavy atom. The lowest BCUT2D eigenvalue weighted by molar-refractivity contribution is 0.290. The second-order valence-electron chi connectivity index (χ2n) is 4.06. The molecule has 2 N–H and O–H groups in total. The van der Waals surface area contributed by atoms with Crippen molar-refractivity contribution in [3.8, 4) is 5.75 Å². The third-order valence-corrected chi connectivity index (χ3v) is 3.10. The molecule has 2 aromatic carbocycles. The van der Waals surface area contributed by atoms with Crippen molar-refractivity contribution in [1.29, 1.82) is 0 Å². The normalized spacial score (nSPS) is 10.4. The second kappa shape index (κ2) is 5.40. The summed E-state index contributed by atoms with van der Waals surface area (Å²) in [6, 6.07) is 10.6. The first kappa shape index (κ1) is 12.9. The van der Waals surface area contributed by atoms with Gasteiger partial charge in [-0.05, 0) is 36.2 Å². The molecule has 0 aliphatic rings. The molecule has 2 nitrogen and oxygen atoms in total. The van der Waals surface area contributed by atoms with Gasteiger partial charge in [0.25, 0.3) is 0 Å². The van der Waals surface area contributed by atoms with Crippen LogP contribution in [0.3, 0.4) is 0 Å². The minimum Gasteiger partial charge on any atom is -0.486 e. The average Bonchev–Trinajstić information content (AvgIpc) is 2.32. The Balaban J connectivity index is 2.13. The van der Waals surface area contributed by atoms with Crippen molar-refractivity contribution >= 4 is 21.6 Å². The predicted molar refractivity (Wildman–Crippen MR) is 74.0 cm³/mol. The summed E-state index contributed by atoms with van der Waals surface area (Å²) >= 11 is 3.38. The largest absolute Gasteiger partial charge is 0.486 e. The minimum atomic E-state index is -0.437. The molecule has 0 amide bonds. The first-order valence-corrected chi connectivity index (χ1v) is 6.28. The lowest BCUT2D eigenvalue weighted by atomic mass is 10.2.